The minimum atomic E-state index is -0.958. The molecule has 22 heavy (non-hydrogen) atoms. The highest BCUT2D eigenvalue weighted by Crippen LogP contribution is 2.29. The lowest BCUT2D eigenvalue weighted by atomic mass is 9.84. The van der Waals surface area contributed by atoms with Gasteiger partial charge >= 0.3 is 0 Å². The molecule has 0 unspecified atom stereocenters. The minimum Gasteiger partial charge on any atom is -0.369 e. The molecule has 2 aromatic rings. The number of halogens is 2. The largest absolute Gasteiger partial charge is 0.369 e. The van der Waals surface area contributed by atoms with Crippen LogP contribution in [0.1, 0.15) is 25.7 Å². The maximum absolute atomic E-state index is 13.5. The predicted octanol–water partition coefficient (Wildman–Crippen LogP) is 2.36. The van der Waals surface area contributed by atoms with Gasteiger partial charge in [-0.15, -0.1) is 0 Å². The van der Waals surface area contributed by atoms with Crippen molar-refractivity contribution in [2.24, 2.45) is 11.7 Å². The Morgan fingerprint density at radius 1 is 1.18 bits per heavy atom. The van der Waals surface area contributed by atoms with Gasteiger partial charge in [-0.2, -0.15) is 0 Å². The first-order valence-electron chi connectivity index (χ1n) is 7.22. The Bertz CT molecular complexity index is 722. The molecule has 0 saturated heterocycles. The molecule has 1 aromatic heterocycles. The number of hydrogen-bond acceptors (Lipinski definition) is 4. The van der Waals surface area contributed by atoms with E-state index in [-0.39, 0.29) is 17.9 Å². The van der Waals surface area contributed by atoms with Crippen molar-refractivity contribution < 1.29 is 13.6 Å². The molecule has 0 spiro atoms. The van der Waals surface area contributed by atoms with Crippen molar-refractivity contribution in [3.05, 3.63) is 30.1 Å². The van der Waals surface area contributed by atoms with Gasteiger partial charge < -0.3 is 11.1 Å². The molecule has 1 heterocycles. The number of carbonyl (C=O) groups excluding carboxylic acids is 1. The number of nitrogens with one attached hydrogen (secondary N) is 1. The molecular weight excluding hydrogens is 290 g/mol. The Balaban J connectivity index is 1.96. The lowest BCUT2D eigenvalue weighted by Gasteiger charge is -2.30. The second kappa shape index (κ2) is 5.82. The third kappa shape index (κ3) is 2.70. The maximum Gasteiger partial charge on any atom is 0.222 e. The van der Waals surface area contributed by atoms with Crippen LogP contribution in [-0.2, 0) is 4.79 Å². The Hall–Kier alpha value is -2.31. The van der Waals surface area contributed by atoms with E-state index in [4.69, 9.17) is 5.73 Å². The molecule has 1 aliphatic rings. The number of anilines is 1. The average molecular weight is 306 g/mol. The third-order valence-electron chi connectivity index (χ3n) is 4.13. The zero-order valence-corrected chi connectivity index (χ0v) is 11.9. The number of primary amides is 1. The van der Waals surface area contributed by atoms with Crippen LogP contribution in [0.2, 0.25) is 0 Å². The zero-order chi connectivity index (χ0) is 15.7. The lowest BCUT2D eigenvalue weighted by molar-refractivity contribution is -0.122. The van der Waals surface area contributed by atoms with Crippen LogP contribution in [0.15, 0.2) is 18.5 Å². The van der Waals surface area contributed by atoms with E-state index in [0.717, 1.165) is 37.8 Å². The molecule has 1 amide bonds. The highest BCUT2D eigenvalue weighted by atomic mass is 19.2. The van der Waals surface area contributed by atoms with Crippen molar-refractivity contribution in [1.29, 1.82) is 0 Å². The Kier molecular flexibility index (Phi) is 3.87. The molecule has 0 radical (unpaired) electrons. The van der Waals surface area contributed by atoms with Gasteiger partial charge in [-0.25, -0.2) is 18.7 Å². The fourth-order valence-electron chi connectivity index (χ4n) is 2.99. The first-order valence-corrected chi connectivity index (χ1v) is 7.22. The first-order chi connectivity index (χ1) is 10.6. The molecule has 3 N–H and O–H groups in total. The van der Waals surface area contributed by atoms with E-state index < -0.39 is 11.6 Å². The summed E-state index contributed by atoms with van der Waals surface area (Å²) in [6, 6.07) is 1.94. The first kappa shape index (κ1) is 14.6. The monoisotopic (exact) mass is 306 g/mol. The number of rotatable bonds is 3. The number of nitrogens with two attached hydrogens (primary N) is 1. The van der Waals surface area contributed by atoms with Crippen LogP contribution in [0.25, 0.3) is 10.9 Å². The van der Waals surface area contributed by atoms with Crippen LogP contribution in [0.4, 0.5) is 14.6 Å². The van der Waals surface area contributed by atoms with Gasteiger partial charge in [0.1, 0.15) is 12.1 Å². The molecule has 3 rings (SSSR count). The van der Waals surface area contributed by atoms with Crippen LogP contribution >= 0.6 is 0 Å². The summed E-state index contributed by atoms with van der Waals surface area (Å²) >= 11 is 0. The normalized spacial score (nSPS) is 21.7. The number of carbonyl (C=O) groups is 1. The molecule has 1 aliphatic carbocycles. The van der Waals surface area contributed by atoms with Gasteiger partial charge in [0.05, 0.1) is 11.4 Å². The van der Waals surface area contributed by atoms with E-state index in [1.807, 2.05) is 0 Å². The van der Waals surface area contributed by atoms with E-state index in [1.54, 1.807) is 0 Å². The second-order valence-electron chi connectivity index (χ2n) is 5.55. The summed E-state index contributed by atoms with van der Waals surface area (Å²) in [6.45, 7) is 0. The van der Waals surface area contributed by atoms with Crippen molar-refractivity contribution in [3.8, 4) is 0 Å². The van der Waals surface area contributed by atoms with Crippen LogP contribution in [0.5, 0.6) is 0 Å². The second-order valence-corrected chi connectivity index (χ2v) is 5.55. The molecule has 1 aromatic carbocycles. The summed E-state index contributed by atoms with van der Waals surface area (Å²) in [6.07, 6.45) is 4.72. The Morgan fingerprint density at radius 3 is 2.68 bits per heavy atom. The van der Waals surface area contributed by atoms with Gasteiger partial charge in [-0.05, 0) is 18.9 Å². The number of nitrogens with zero attached hydrogens (tertiary/aromatic N) is 2. The third-order valence-corrected chi connectivity index (χ3v) is 4.13. The van der Waals surface area contributed by atoms with Crippen LogP contribution in [0, 0.1) is 17.6 Å². The van der Waals surface area contributed by atoms with Crippen LogP contribution in [0.3, 0.4) is 0 Å². The van der Waals surface area contributed by atoms with Crippen molar-refractivity contribution in [3.63, 3.8) is 0 Å². The predicted molar refractivity (Wildman–Crippen MR) is 78.0 cm³/mol. The maximum atomic E-state index is 13.5. The summed E-state index contributed by atoms with van der Waals surface area (Å²) < 4.78 is 26.8. The Labute approximate surface area is 125 Å². The minimum absolute atomic E-state index is 0.155. The lowest BCUT2D eigenvalue weighted by Crippen LogP contribution is -2.40. The molecule has 0 aliphatic heterocycles. The van der Waals surface area contributed by atoms with Crippen LogP contribution in [-0.4, -0.2) is 21.9 Å². The van der Waals surface area contributed by atoms with Gasteiger partial charge in [0.15, 0.2) is 11.6 Å². The van der Waals surface area contributed by atoms with E-state index in [9.17, 15) is 13.6 Å². The van der Waals surface area contributed by atoms with Gasteiger partial charge in [0.2, 0.25) is 5.91 Å². The van der Waals surface area contributed by atoms with Crippen molar-refractivity contribution in [2.45, 2.75) is 31.7 Å². The molecule has 7 heteroatoms. The van der Waals surface area contributed by atoms with Gasteiger partial charge in [0.25, 0.3) is 0 Å². The number of aromatic nitrogens is 2. The standard InChI is InChI=1S/C15H16F2N4O/c16-10-5-9-13(6-11(10)17)19-7-20-15(9)21-12-4-2-1-3-8(12)14(18)22/h5-8,12H,1-4H2,(H2,18,22)(H,19,20,21)/t8-,12-/m0/s1. The highest BCUT2D eigenvalue weighted by molar-refractivity contribution is 5.89. The highest BCUT2D eigenvalue weighted by Gasteiger charge is 2.30. The smallest absolute Gasteiger partial charge is 0.222 e. The van der Waals surface area contributed by atoms with E-state index in [0.29, 0.717) is 16.7 Å². The summed E-state index contributed by atoms with van der Waals surface area (Å²) in [5, 5.41) is 3.55. The fraction of sp³-hybridized carbons (Fsp3) is 0.400. The topological polar surface area (TPSA) is 80.9 Å². The van der Waals surface area contributed by atoms with Gasteiger partial charge in [-0.1, -0.05) is 12.8 Å². The Morgan fingerprint density at radius 2 is 1.91 bits per heavy atom. The van der Waals surface area contributed by atoms with Gasteiger partial charge in [0, 0.05) is 17.5 Å². The number of benzene rings is 1. The van der Waals surface area contributed by atoms with Crippen molar-refractivity contribution in [2.75, 3.05) is 5.32 Å². The SMILES string of the molecule is NC(=O)[C@H]1CCCC[C@@H]1Nc1ncnc2cc(F)c(F)cc12. The molecular formula is C15H16F2N4O. The molecule has 1 saturated carbocycles. The zero-order valence-electron chi connectivity index (χ0n) is 11.9. The molecule has 5 nitrogen and oxygen atoms in total. The van der Waals surface area contributed by atoms with Gasteiger partial charge in [-0.3, -0.25) is 4.79 Å². The number of hydrogen-bond donors (Lipinski definition) is 2. The van der Waals surface area contributed by atoms with E-state index in [2.05, 4.69) is 15.3 Å². The molecule has 0 bridgehead atoms. The average Bonchev–Trinajstić information content (AvgIpc) is 2.49. The molecule has 116 valence electrons. The summed E-state index contributed by atoms with van der Waals surface area (Å²) in [5.74, 6) is -2.16. The summed E-state index contributed by atoms with van der Waals surface area (Å²) in [7, 11) is 0. The summed E-state index contributed by atoms with van der Waals surface area (Å²) in [4.78, 5) is 19.6. The number of amides is 1. The molecule has 2 atom stereocenters. The van der Waals surface area contributed by atoms with Crippen LogP contribution < -0.4 is 11.1 Å². The van der Waals surface area contributed by atoms with E-state index in [1.165, 1.54) is 6.33 Å². The van der Waals surface area contributed by atoms with Crippen molar-refractivity contribution in [1.82, 2.24) is 9.97 Å². The quantitative estimate of drug-likeness (QED) is 0.912. The van der Waals surface area contributed by atoms with E-state index >= 15 is 0 Å². The van der Waals surface area contributed by atoms with Crippen molar-refractivity contribution >= 4 is 22.6 Å². The summed E-state index contributed by atoms with van der Waals surface area (Å²) in [5.41, 5.74) is 5.75. The number of fused-ring (bicyclic) bond motifs is 1. The molecule has 1 fully saturated rings. The fourth-order valence-corrected chi connectivity index (χ4v) is 2.99.